The van der Waals surface area contributed by atoms with Gasteiger partial charge >= 0.3 is 0 Å². The summed E-state index contributed by atoms with van der Waals surface area (Å²) in [6, 6.07) is 14.9. The molecular weight excluding hydrogens is 386 g/mol. The second-order valence-electron chi connectivity index (χ2n) is 5.65. The van der Waals surface area contributed by atoms with E-state index in [1.54, 1.807) is 28.9 Å². The first-order valence-corrected chi connectivity index (χ1v) is 9.61. The Morgan fingerprint density at radius 2 is 1.93 bits per heavy atom. The summed E-state index contributed by atoms with van der Waals surface area (Å²) in [5, 5.41) is 15.7. The number of aryl methyl sites for hydroxylation is 1. The highest BCUT2D eigenvalue weighted by atomic mass is 35.5. The highest BCUT2D eigenvalue weighted by Crippen LogP contribution is 2.18. The van der Waals surface area contributed by atoms with Gasteiger partial charge < -0.3 is 10.1 Å². The van der Waals surface area contributed by atoms with Crippen LogP contribution in [-0.4, -0.2) is 45.0 Å². The quantitative estimate of drug-likeness (QED) is 0.460. The number of hydrogen-bond acceptors (Lipinski definition) is 6. The molecule has 2 aromatic carbocycles. The number of carbonyl (C=O) groups excluding carboxylic acids is 1. The molecule has 0 aliphatic carbocycles. The summed E-state index contributed by atoms with van der Waals surface area (Å²) >= 11 is 7.09. The summed E-state index contributed by atoms with van der Waals surface area (Å²) in [5.41, 5.74) is 2.01. The number of tetrazole rings is 1. The van der Waals surface area contributed by atoms with E-state index in [9.17, 15) is 4.79 Å². The average molecular weight is 404 g/mol. The van der Waals surface area contributed by atoms with E-state index in [1.807, 2.05) is 31.2 Å². The van der Waals surface area contributed by atoms with Gasteiger partial charge in [0.05, 0.1) is 18.0 Å². The maximum absolute atomic E-state index is 12.0. The van der Waals surface area contributed by atoms with Gasteiger partial charge in [-0.25, -0.2) is 0 Å². The lowest BCUT2D eigenvalue weighted by molar-refractivity contribution is -0.118. The number of amides is 1. The van der Waals surface area contributed by atoms with Crippen LogP contribution in [0.5, 0.6) is 5.75 Å². The van der Waals surface area contributed by atoms with Gasteiger partial charge in [0.15, 0.2) is 0 Å². The van der Waals surface area contributed by atoms with E-state index >= 15 is 0 Å². The first-order chi connectivity index (χ1) is 13.1. The Bertz CT molecular complexity index is 884. The number of carbonyl (C=O) groups is 1. The molecule has 0 radical (unpaired) electrons. The number of halogens is 1. The van der Waals surface area contributed by atoms with Crippen LogP contribution in [0.3, 0.4) is 0 Å². The van der Waals surface area contributed by atoms with Crippen LogP contribution in [0.2, 0.25) is 5.02 Å². The minimum atomic E-state index is -0.113. The third-order valence-electron chi connectivity index (χ3n) is 3.56. The summed E-state index contributed by atoms with van der Waals surface area (Å²) in [5.74, 6) is 0.811. The highest BCUT2D eigenvalue weighted by Gasteiger charge is 2.11. The fourth-order valence-corrected chi connectivity index (χ4v) is 3.03. The van der Waals surface area contributed by atoms with Crippen molar-refractivity contribution in [1.82, 2.24) is 25.5 Å². The fraction of sp³-hybridized carbons (Fsp3) is 0.222. The van der Waals surface area contributed by atoms with E-state index in [2.05, 4.69) is 20.8 Å². The molecule has 0 spiro atoms. The molecule has 0 saturated heterocycles. The zero-order valence-corrected chi connectivity index (χ0v) is 16.2. The molecule has 1 heterocycles. The van der Waals surface area contributed by atoms with Crippen LogP contribution >= 0.6 is 23.4 Å². The maximum Gasteiger partial charge on any atom is 0.230 e. The van der Waals surface area contributed by atoms with Crippen molar-refractivity contribution in [2.45, 2.75) is 12.1 Å². The number of nitrogens with one attached hydrogen (secondary N) is 1. The Morgan fingerprint density at radius 3 is 2.67 bits per heavy atom. The normalized spacial score (nSPS) is 10.6. The molecule has 1 aromatic heterocycles. The van der Waals surface area contributed by atoms with Crippen molar-refractivity contribution in [2.75, 3.05) is 18.9 Å². The molecule has 0 fully saturated rings. The van der Waals surface area contributed by atoms with Gasteiger partial charge in [0, 0.05) is 5.02 Å². The van der Waals surface area contributed by atoms with Crippen molar-refractivity contribution in [2.24, 2.45) is 0 Å². The summed E-state index contributed by atoms with van der Waals surface area (Å²) in [6.07, 6.45) is 0. The van der Waals surface area contributed by atoms with Gasteiger partial charge in [-0.15, -0.1) is 5.10 Å². The van der Waals surface area contributed by atoms with Gasteiger partial charge in [-0.3, -0.25) is 4.79 Å². The van der Waals surface area contributed by atoms with Crippen LogP contribution in [0.1, 0.15) is 5.56 Å². The third-order valence-corrected chi connectivity index (χ3v) is 4.73. The van der Waals surface area contributed by atoms with Crippen molar-refractivity contribution >= 4 is 29.3 Å². The molecule has 0 aliphatic rings. The molecule has 0 bridgehead atoms. The van der Waals surface area contributed by atoms with Gasteiger partial charge in [0.2, 0.25) is 11.1 Å². The second-order valence-corrected chi connectivity index (χ2v) is 7.03. The lowest BCUT2D eigenvalue weighted by Crippen LogP contribution is -2.29. The highest BCUT2D eigenvalue weighted by molar-refractivity contribution is 7.99. The molecule has 1 amide bonds. The summed E-state index contributed by atoms with van der Waals surface area (Å²) < 4.78 is 7.14. The van der Waals surface area contributed by atoms with Crippen LogP contribution in [0.4, 0.5) is 0 Å². The molecule has 9 heteroatoms. The topological polar surface area (TPSA) is 81.9 Å². The largest absolute Gasteiger partial charge is 0.492 e. The van der Waals surface area contributed by atoms with Crippen LogP contribution in [0.25, 0.3) is 5.69 Å². The summed E-state index contributed by atoms with van der Waals surface area (Å²) in [7, 11) is 0. The number of thioether (sulfide) groups is 1. The van der Waals surface area contributed by atoms with Crippen LogP contribution in [-0.2, 0) is 4.79 Å². The number of ether oxygens (including phenoxy) is 1. The van der Waals surface area contributed by atoms with Gasteiger partial charge in [-0.2, -0.15) is 4.68 Å². The van der Waals surface area contributed by atoms with Gasteiger partial charge in [0.1, 0.15) is 12.4 Å². The lowest BCUT2D eigenvalue weighted by Gasteiger charge is -2.08. The van der Waals surface area contributed by atoms with E-state index in [-0.39, 0.29) is 11.7 Å². The summed E-state index contributed by atoms with van der Waals surface area (Å²) in [4.78, 5) is 12.0. The number of aromatic nitrogens is 4. The van der Waals surface area contributed by atoms with Crippen molar-refractivity contribution in [3.63, 3.8) is 0 Å². The average Bonchev–Trinajstić information content (AvgIpc) is 3.14. The Morgan fingerprint density at radius 1 is 1.19 bits per heavy atom. The van der Waals surface area contributed by atoms with Crippen LogP contribution in [0.15, 0.2) is 53.7 Å². The van der Waals surface area contributed by atoms with Crippen molar-refractivity contribution < 1.29 is 9.53 Å². The Balaban J connectivity index is 1.42. The molecule has 27 heavy (non-hydrogen) atoms. The maximum atomic E-state index is 12.0. The van der Waals surface area contributed by atoms with Gasteiger partial charge in [0.25, 0.3) is 0 Å². The third kappa shape index (κ3) is 5.70. The number of benzene rings is 2. The lowest BCUT2D eigenvalue weighted by atomic mass is 10.2. The first kappa shape index (κ1) is 19.2. The molecule has 0 atom stereocenters. The molecule has 0 saturated carbocycles. The van der Waals surface area contributed by atoms with E-state index in [0.29, 0.717) is 29.1 Å². The molecule has 1 N–H and O–H groups in total. The SMILES string of the molecule is Cc1ccc(-n2nnnc2SCC(=O)NCCOc2ccc(Cl)cc2)cc1. The Kier molecular flexibility index (Phi) is 6.67. The molecule has 140 valence electrons. The van der Waals surface area contributed by atoms with E-state index in [1.165, 1.54) is 11.8 Å². The van der Waals surface area contributed by atoms with E-state index in [4.69, 9.17) is 16.3 Å². The fourth-order valence-electron chi connectivity index (χ4n) is 2.19. The van der Waals surface area contributed by atoms with Crippen molar-refractivity contribution in [3.05, 3.63) is 59.1 Å². The number of hydrogen-bond donors (Lipinski definition) is 1. The molecule has 0 aliphatic heterocycles. The van der Waals surface area contributed by atoms with Crippen molar-refractivity contribution in [1.29, 1.82) is 0 Å². The minimum absolute atomic E-state index is 0.113. The molecule has 0 unspecified atom stereocenters. The van der Waals surface area contributed by atoms with Crippen LogP contribution < -0.4 is 10.1 Å². The molecule has 3 aromatic rings. The molecular formula is C18H18ClN5O2S. The number of rotatable bonds is 8. The monoisotopic (exact) mass is 403 g/mol. The minimum Gasteiger partial charge on any atom is -0.492 e. The predicted molar refractivity (Wildman–Crippen MR) is 105 cm³/mol. The van der Waals surface area contributed by atoms with Crippen LogP contribution in [0, 0.1) is 6.92 Å². The van der Waals surface area contributed by atoms with Crippen molar-refractivity contribution in [3.8, 4) is 11.4 Å². The smallest absolute Gasteiger partial charge is 0.230 e. The second kappa shape index (κ2) is 9.38. The Hall–Kier alpha value is -2.58. The van der Waals surface area contributed by atoms with Gasteiger partial charge in [-0.1, -0.05) is 41.1 Å². The predicted octanol–water partition coefficient (Wildman–Crippen LogP) is 2.91. The summed E-state index contributed by atoms with van der Waals surface area (Å²) in [6.45, 7) is 2.80. The molecule has 3 rings (SSSR count). The number of nitrogens with zero attached hydrogens (tertiary/aromatic N) is 4. The van der Waals surface area contributed by atoms with Gasteiger partial charge in [-0.05, 0) is 53.7 Å². The standard InChI is InChI=1S/C18H18ClN5O2S/c1-13-2-6-15(7-3-13)24-18(21-22-23-24)27-12-17(25)20-10-11-26-16-8-4-14(19)5-9-16/h2-9H,10-12H2,1H3,(H,20,25). The Labute approximate surface area is 166 Å². The van der Waals surface area contributed by atoms with E-state index < -0.39 is 0 Å². The first-order valence-electron chi connectivity index (χ1n) is 8.25. The van der Waals surface area contributed by atoms with E-state index in [0.717, 1.165) is 11.3 Å². The zero-order chi connectivity index (χ0) is 19.1. The zero-order valence-electron chi connectivity index (χ0n) is 14.6. The molecule has 7 nitrogen and oxygen atoms in total.